The average Bonchev–Trinajstić information content (AvgIpc) is 2.95. The molecule has 0 amide bonds. The summed E-state index contributed by atoms with van der Waals surface area (Å²) in [5, 5.41) is 0. The van der Waals surface area contributed by atoms with E-state index in [0.29, 0.717) is 54.3 Å². The third kappa shape index (κ3) is 15.8. The summed E-state index contributed by atoms with van der Waals surface area (Å²) in [6.07, 6.45) is 22.6. The van der Waals surface area contributed by atoms with Gasteiger partial charge in [0.1, 0.15) is 0 Å². The first kappa shape index (κ1) is 35.3. The molecule has 2 aliphatic rings. The van der Waals surface area contributed by atoms with Crippen LogP contribution in [-0.2, 0) is 28.5 Å². The van der Waals surface area contributed by atoms with E-state index >= 15 is 0 Å². The second-order valence-corrected chi connectivity index (χ2v) is 12.4. The second kappa shape index (κ2) is 20.9. The number of rotatable bonds is 20. The van der Waals surface area contributed by atoms with Crippen molar-refractivity contribution in [3.63, 3.8) is 0 Å². The molecule has 6 nitrogen and oxygen atoms in total. The normalized spacial score (nSPS) is 24.7. The molecule has 0 radical (unpaired) electrons. The van der Waals surface area contributed by atoms with Gasteiger partial charge in [-0.15, -0.1) is 0 Å². The smallest absolute Gasteiger partial charge is 0.333 e. The van der Waals surface area contributed by atoms with Gasteiger partial charge in [0.25, 0.3) is 0 Å². The highest BCUT2D eigenvalue weighted by atomic mass is 16.5. The van der Waals surface area contributed by atoms with Crippen LogP contribution in [0.1, 0.15) is 117 Å². The zero-order chi connectivity index (χ0) is 29.9. The number of unbranched alkanes of at least 4 members (excludes halogenated alkanes) is 6. The van der Waals surface area contributed by atoms with Gasteiger partial charge in [-0.05, 0) is 115 Å². The van der Waals surface area contributed by atoms with Gasteiger partial charge < -0.3 is 18.9 Å². The summed E-state index contributed by atoms with van der Waals surface area (Å²) in [4.78, 5) is 22.7. The number of carbonyl (C=O) groups is 2. The third-order valence-electron chi connectivity index (χ3n) is 8.43. The predicted molar refractivity (Wildman–Crippen MR) is 166 cm³/mol. The van der Waals surface area contributed by atoms with E-state index in [0.717, 1.165) is 71.0 Å². The van der Waals surface area contributed by atoms with Crippen LogP contribution >= 0.6 is 0 Å². The molecule has 2 fully saturated rings. The Morgan fingerprint density at radius 1 is 0.634 bits per heavy atom. The Bertz CT molecular complexity index is 809. The number of hydrogen-bond donors (Lipinski definition) is 0. The van der Waals surface area contributed by atoms with Crippen molar-refractivity contribution < 1.29 is 28.5 Å². The number of hydrogen-bond acceptors (Lipinski definition) is 6. The maximum atomic E-state index is 11.4. The highest BCUT2D eigenvalue weighted by Crippen LogP contribution is 2.34. The summed E-state index contributed by atoms with van der Waals surface area (Å²) in [7, 11) is 0. The molecule has 0 saturated heterocycles. The standard InChI is InChI=1S/C35H58O6/c1-27(2)34(36)40-24-12-8-6-10-22-38-32-19-16-30(17-20-32)14-15-31-18-21-33(29(5)26-31)39-23-11-7-9-13-25-41-35(37)28(3)4/h14-15,29-33H,1,3,6-13,16-26H2,2,4-5H3/b15-14+. The SMILES string of the molecule is C=C(C)C(=O)OCCCCCCOC1CCC(/C=C/C2CCC(OCCCCCCOC(=O)C(=C)C)C(C)C2)CC1. The zero-order valence-electron chi connectivity index (χ0n) is 26.3. The lowest BCUT2D eigenvalue weighted by Crippen LogP contribution is -2.29. The van der Waals surface area contributed by atoms with Gasteiger partial charge in [-0.3, -0.25) is 0 Å². The van der Waals surface area contributed by atoms with Crippen molar-refractivity contribution in [2.24, 2.45) is 17.8 Å². The summed E-state index contributed by atoms with van der Waals surface area (Å²) >= 11 is 0. The van der Waals surface area contributed by atoms with Gasteiger partial charge >= 0.3 is 11.9 Å². The van der Waals surface area contributed by atoms with Crippen LogP contribution in [0.5, 0.6) is 0 Å². The Balaban J connectivity index is 1.45. The van der Waals surface area contributed by atoms with Crippen LogP contribution in [0, 0.1) is 17.8 Å². The van der Waals surface area contributed by atoms with Crippen LogP contribution in [0.25, 0.3) is 0 Å². The molecule has 0 N–H and O–H groups in total. The summed E-state index contributed by atoms with van der Waals surface area (Å²) < 4.78 is 22.7. The van der Waals surface area contributed by atoms with Crippen LogP contribution < -0.4 is 0 Å². The lowest BCUT2D eigenvalue weighted by atomic mass is 9.79. The molecule has 0 heterocycles. The van der Waals surface area contributed by atoms with Crippen molar-refractivity contribution in [3.05, 3.63) is 36.5 Å². The molecular formula is C35H58O6. The molecule has 0 aromatic heterocycles. The Morgan fingerprint density at radius 2 is 1.10 bits per heavy atom. The van der Waals surface area contributed by atoms with Crippen molar-refractivity contribution in [2.75, 3.05) is 26.4 Å². The minimum atomic E-state index is -0.289. The number of allylic oxidation sites excluding steroid dienone is 2. The van der Waals surface area contributed by atoms with Crippen LogP contribution in [0.2, 0.25) is 0 Å². The van der Waals surface area contributed by atoms with E-state index in [1.54, 1.807) is 13.8 Å². The number of carbonyl (C=O) groups excluding carboxylic acids is 2. The fourth-order valence-corrected chi connectivity index (χ4v) is 5.77. The van der Waals surface area contributed by atoms with Gasteiger partial charge in [0.15, 0.2) is 0 Å². The summed E-state index contributed by atoms with van der Waals surface area (Å²) in [5.41, 5.74) is 0.924. The maximum absolute atomic E-state index is 11.4. The van der Waals surface area contributed by atoms with Crippen molar-refractivity contribution in [3.8, 4) is 0 Å². The highest BCUT2D eigenvalue weighted by Gasteiger charge is 2.27. The Hall–Kier alpha value is -1.92. The minimum absolute atomic E-state index is 0.289. The fraction of sp³-hybridized carbons (Fsp3) is 0.771. The molecule has 2 saturated carbocycles. The quantitative estimate of drug-likeness (QED) is 0.0630. The molecule has 2 aliphatic carbocycles. The number of ether oxygens (including phenoxy) is 4. The number of esters is 2. The van der Waals surface area contributed by atoms with Gasteiger partial charge in [0.05, 0.1) is 25.4 Å². The third-order valence-corrected chi connectivity index (χ3v) is 8.43. The first-order valence-electron chi connectivity index (χ1n) is 16.3. The highest BCUT2D eigenvalue weighted by molar-refractivity contribution is 5.87. The van der Waals surface area contributed by atoms with E-state index in [9.17, 15) is 9.59 Å². The summed E-state index contributed by atoms with van der Waals surface area (Å²) in [5.74, 6) is 1.41. The lowest BCUT2D eigenvalue weighted by molar-refractivity contribution is -0.139. The first-order chi connectivity index (χ1) is 19.8. The summed E-state index contributed by atoms with van der Waals surface area (Å²) in [6.45, 7) is 15.5. The van der Waals surface area contributed by atoms with E-state index in [1.165, 1.54) is 38.5 Å². The summed E-state index contributed by atoms with van der Waals surface area (Å²) in [6, 6.07) is 0. The molecule has 3 atom stereocenters. The second-order valence-electron chi connectivity index (χ2n) is 12.4. The molecule has 2 rings (SSSR count). The predicted octanol–water partition coefficient (Wildman–Crippen LogP) is 8.30. The largest absolute Gasteiger partial charge is 0.462 e. The molecule has 3 unspecified atom stereocenters. The molecule has 0 aromatic carbocycles. The van der Waals surface area contributed by atoms with E-state index < -0.39 is 0 Å². The van der Waals surface area contributed by atoms with Gasteiger partial charge in [-0.2, -0.15) is 0 Å². The van der Waals surface area contributed by atoms with Crippen LogP contribution in [0.4, 0.5) is 0 Å². The Morgan fingerprint density at radius 3 is 1.61 bits per heavy atom. The van der Waals surface area contributed by atoms with Gasteiger partial charge in [0.2, 0.25) is 0 Å². The molecular weight excluding hydrogens is 516 g/mol. The molecule has 0 bridgehead atoms. The average molecular weight is 575 g/mol. The molecule has 6 heteroatoms. The van der Waals surface area contributed by atoms with Gasteiger partial charge in [0, 0.05) is 24.4 Å². The first-order valence-corrected chi connectivity index (χ1v) is 16.3. The van der Waals surface area contributed by atoms with E-state index in [1.807, 2.05) is 0 Å². The zero-order valence-corrected chi connectivity index (χ0v) is 26.3. The van der Waals surface area contributed by atoms with Crippen molar-refractivity contribution in [1.82, 2.24) is 0 Å². The fourth-order valence-electron chi connectivity index (χ4n) is 5.77. The van der Waals surface area contributed by atoms with Gasteiger partial charge in [-0.25, -0.2) is 9.59 Å². The van der Waals surface area contributed by atoms with Gasteiger partial charge in [-0.1, -0.05) is 45.1 Å². The topological polar surface area (TPSA) is 71.1 Å². The van der Waals surface area contributed by atoms with E-state index in [4.69, 9.17) is 18.9 Å². The molecule has 0 spiro atoms. The van der Waals surface area contributed by atoms with Crippen LogP contribution in [-0.4, -0.2) is 50.6 Å². The lowest BCUT2D eigenvalue weighted by Gasteiger charge is -2.33. The molecule has 234 valence electrons. The Labute approximate surface area is 250 Å². The minimum Gasteiger partial charge on any atom is -0.462 e. The van der Waals surface area contributed by atoms with Crippen molar-refractivity contribution in [1.29, 1.82) is 0 Å². The van der Waals surface area contributed by atoms with E-state index in [2.05, 4.69) is 32.2 Å². The molecule has 0 aromatic rings. The van der Waals surface area contributed by atoms with Crippen LogP contribution in [0.3, 0.4) is 0 Å². The van der Waals surface area contributed by atoms with Crippen molar-refractivity contribution >= 4 is 11.9 Å². The maximum Gasteiger partial charge on any atom is 0.333 e. The molecule has 41 heavy (non-hydrogen) atoms. The monoisotopic (exact) mass is 574 g/mol. The Kier molecular flexibility index (Phi) is 18.0. The van der Waals surface area contributed by atoms with Crippen LogP contribution in [0.15, 0.2) is 36.5 Å². The molecule has 0 aliphatic heterocycles. The van der Waals surface area contributed by atoms with E-state index in [-0.39, 0.29) is 11.9 Å². The van der Waals surface area contributed by atoms with Crippen molar-refractivity contribution in [2.45, 2.75) is 129 Å².